The molecular weight excluding hydrogens is 449 g/mol. The number of nitrogens with one attached hydrogen (secondary N) is 1. The largest absolute Gasteiger partial charge is 0.497 e. The number of anilines is 1. The van der Waals surface area contributed by atoms with Crippen LogP contribution in [0.15, 0.2) is 84.1 Å². The van der Waals surface area contributed by atoms with Gasteiger partial charge in [-0.15, -0.1) is 0 Å². The number of ether oxygens (including phenoxy) is 1. The van der Waals surface area contributed by atoms with Crippen molar-refractivity contribution in [2.45, 2.75) is 5.16 Å². The highest BCUT2D eigenvalue weighted by Gasteiger charge is 2.16. The molecule has 162 valence electrons. The van der Waals surface area contributed by atoms with Crippen LogP contribution in [0.1, 0.15) is 0 Å². The lowest BCUT2D eigenvalue weighted by Gasteiger charge is -2.09. The lowest BCUT2D eigenvalue weighted by molar-refractivity contribution is -0.113. The summed E-state index contributed by atoms with van der Waals surface area (Å²) < 4.78 is 21.3. The maximum Gasteiger partial charge on any atom is 0.234 e. The molecule has 0 saturated heterocycles. The van der Waals surface area contributed by atoms with Gasteiger partial charge in [0.2, 0.25) is 5.91 Å². The minimum absolute atomic E-state index is 0.109. The molecule has 0 unspecified atom stereocenters. The number of carbonyl (C=O) groups excluding carboxylic acids is 1. The average molecular weight is 468 g/mol. The fraction of sp³-hybridized carbons (Fsp3) is 0.0833. The number of nitrogens with zero attached hydrogens (tertiary/aromatic N) is 2. The normalized spacial score (nSPS) is 10.7. The molecule has 8 heteroatoms. The highest BCUT2D eigenvalue weighted by Crippen LogP contribution is 2.29. The first kappa shape index (κ1) is 21.9. The van der Waals surface area contributed by atoms with E-state index in [1.165, 1.54) is 17.8 Å². The monoisotopic (exact) mass is 467 g/mol. The molecule has 1 N–H and O–H groups in total. The number of benzene rings is 3. The van der Waals surface area contributed by atoms with Gasteiger partial charge in [0, 0.05) is 22.5 Å². The van der Waals surface area contributed by atoms with Crippen molar-refractivity contribution in [3.8, 4) is 22.7 Å². The van der Waals surface area contributed by atoms with Crippen LogP contribution in [0.25, 0.3) is 16.9 Å². The molecule has 0 aliphatic rings. The molecule has 0 atom stereocenters. The third kappa shape index (κ3) is 5.12. The summed E-state index contributed by atoms with van der Waals surface area (Å²) in [7, 11) is 1.58. The Morgan fingerprint density at radius 1 is 1.09 bits per heavy atom. The maximum atomic E-state index is 14.5. The molecule has 1 heterocycles. The van der Waals surface area contributed by atoms with E-state index in [0.717, 1.165) is 5.56 Å². The molecule has 32 heavy (non-hydrogen) atoms. The number of hydrogen-bond acceptors (Lipinski definition) is 4. The highest BCUT2D eigenvalue weighted by molar-refractivity contribution is 7.99. The first-order valence-corrected chi connectivity index (χ1v) is 11.1. The first-order chi connectivity index (χ1) is 15.5. The Labute approximate surface area is 194 Å². The Kier molecular flexibility index (Phi) is 6.78. The number of amides is 1. The average Bonchev–Trinajstić information content (AvgIpc) is 3.23. The van der Waals surface area contributed by atoms with Crippen molar-refractivity contribution in [1.82, 2.24) is 9.55 Å². The summed E-state index contributed by atoms with van der Waals surface area (Å²) in [4.78, 5) is 17.1. The van der Waals surface area contributed by atoms with E-state index in [9.17, 15) is 9.18 Å². The van der Waals surface area contributed by atoms with Gasteiger partial charge in [-0.25, -0.2) is 9.37 Å². The number of para-hydroxylation sites is 1. The minimum atomic E-state index is -0.378. The summed E-state index contributed by atoms with van der Waals surface area (Å²) in [6, 6.07) is 20.8. The Balaban J connectivity index is 1.56. The van der Waals surface area contributed by atoms with Crippen molar-refractivity contribution >= 4 is 35.0 Å². The molecule has 4 rings (SSSR count). The second-order valence-electron chi connectivity index (χ2n) is 6.80. The van der Waals surface area contributed by atoms with Gasteiger partial charge in [-0.3, -0.25) is 9.36 Å². The zero-order valence-electron chi connectivity index (χ0n) is 17.1. The molecular formula is C24H19ClFN3O2S. The van der Waals surface area contributed by atoms with Crippen LogP contribution in [0.5, 0.6) is 5.75 Å². The van der Waals surface area contributed by atoms with Crippen LogP contribution >= 0.6 is 23.4 Å². The van der Waals surface area contributed by atoms with Gasteiger partial charge in [0.1, 0.15) is 11.6 Å². The van der Waals surface area contributed by atoms with Crippen molar-refractivity contribution in [2.24, 2.45) is 0 Å². The fourth-order valence-corrected chi connectivity index (χ4v) is 3.96. The first-order valence-electron chi connectivity index (χ1n) is 9.70. The molecule has 0 aliphatic heterocycles. The predicted molar refractivity (Wildman–Crippen MR) is 126 cm³/mol. The van der Waals surface area contributed by atoms with E-state index < -0.39 is 0 Å². The van der Waals surface area contributed by atoms with Crippen LogP contribution in [-0.2, 0) is 4.79 Å². The second-order valence-corrected chi connectivity index (χ2v) is 8.18. The molecule has 0 saturated carbocycles. The van der Waals surface area contributed by atoms with Gasteiger partial charge in [-0.2, -0.15) is 0 Å². The van der Waals surface area contributed by atoms with E-state index in [4.69, 9.17) is 16.3 Å². The number of aromatic nitrogens is 2. The Bertz CT molecular complexity index is 1230. The van der Waals surface area contributed by atoms with Crippen molar-refractivity contribution in [2.75, 3.05) is 18.2 Å². The van der Waals surface area contributed by atoms with E-state index in [0.29, 0.717) is 33.0 Å². The number of carbonyl (C=O) groups is 1. The topological polar surface area (TPSA) is 56.1 Å². The van der Waals surface area contributed by atoms with E-state index in [1.54, 1.807) is 72.5 Å². The molecule has 0 radical (unpaired) electrons. The van der Waals surface area contributed by atoms with Crippen LogP contribution in [0, 0.1) is 5.82 Å². The predicted octanol–water partition coefficient (Wildman–Crippen LogP) is 6.07. The molecule has 1 aromatic heterocycles. The number of imidazole rings is 1. The summed E-state index contributed by atoms with van der Waals surface area (Å²) in [6.45, 7) is 0. The molecule has 5 nitrogen and oxygen atoms in total. The molecule has 0 spiro atoms. The molecule has 0 aliphatic carbocycles. The van der Waals surface area contributed by atoms with Crippen molar-refractivity contribution in [3.05, 3.63) is 89.8 Å². The van der Waals surface area contributed by atoms with Gasteiger partial charge >= 0.3 is 0 Å². The summed E-state index contributed by atoms with van der Waals surface area (Å²) in [6.07, 6.45) is 1.76. The van der Waals surface area contributed by atoms with Crippen molar-refractivity contribution < 1.29 is 13.9 Å². The minimum Gasteiger partial charge on any atom is -0.497 e. The Morgan fingerprint density at radius 3 is 2.50 bits per heavy atom. The lowest BCUT2D eigenvalue weighted by Crippen LogP contribution is -2.14. The van der Waals surface area contributed by atoms with Crippen molar-refractivity contribution in [1.29, 1.82) is 0 Å². The number of thioether (sulfide) groups is 1. The quantitative estimate of drug-likeness (QED) is 0.335. The Hall–Kier alpha value is -3.29. The van der Waals surface area contributed by atoms with Gasteiger partial charge in [0.25, 0.3) is 0 Å². The molecule has 0 bridgehead atoms. The number of hydrogen-bond donors (Lipinski definition) is 1. The van der Waals surface area contributed by atoms with Crippen LogP contribution in [0.2, 0.25) is 5.02 Å². The van der Waals surface area contributed by atoms with Gasteiger partial charge in [0.15, 0.2) is 5.16 Å². The zero-order valence-corrected chi connectivity index (χ0v) is 18.7. The van der Waals surface area contributed by atoms with Crippen LogP contribution in [0.4, 0.5) is 10.1 Å². The van der Waals surface area contributed by atoms with Gasteiger partial charge in [-0.05, 0) is 48.5 Å². The van der Waals surface area contributed by atoms with E-state index in [1.807, 2.05) is 12.1 Å². The Morgan fingerprint density at radius 2 is 1.81 bits per heavy atom. The van der Waals surface area contributed by atoms with E-state index in [2.05, 4.69) is 10.3 Å². The van der Waals surface area contributed by atoms with E-state index >= 15 is 0 Å². The summed E-state index contributed by atoms with van der Waals surface area (Å²) in [5.74, 6) is 0.241. The summed E-state index contributed by atoms with van der Waals surface area (Å²) in [5, 5.41) is 3.96. The fourth-order valence-electron chi connectivity index (χ4n) is 3.05. The SMILES string of the molecule is COc1ccc(NC(=O)CSc2nc(-c3ccc(Cl)cc3)cn2-c2ccccc2F)cc1. The van der Waals surface area contributed by atoms with Crippen LogP contribution in [0.3, 0.4) is 0 Å². The van der Waals surface area contributed by atoms with Crippen LogP contribution < -0.4 is 10.1 Å². The smallest absolute Gasteiger partial charge is 0.234 e. The third-order valence-electron chi connectivity index (χ3n) is 4.63. The molecule has 3 aromatic carbocycles. The molecule has 1 amide bonds. The van der Waals surface area contributed by atoms with Gasteiger partial charge < -0.3 is 10.1 Å². The molecule has 0 fully saturated rings. The molecule has 4 aromatic rings. The second kappa shape index (κ2) is 9.89. The number of methoxy groups -OCH3 is 1. The van der Waals surface area contributed by atoms with Crippen molar-refractivity contribution in [3.63, 3.8) is 0 Å². The highest BCUT2D eigenvalue weighted by atomic mass is 35.5. The lowest BCUT2D eigenvalue weighted by atomic mass is 10.2. The number of halogens is 2. The van der Waals surface area contributed by atoms with Crippen LogP contribution in [-0.4, -0.2) is 28.3 Å². The summed E-state index contributed by atoms with van der Waals surface area (Å²) >= 11 is 7.22. The maximum absolute atomic E-state index is 14.5. The van der Waals surface area contributed by atoms with E-state index in [-0.39, 0.29) is 17.5 Å². The van der Waals surface area contributed by atoms with Gasteiger partial charge in [-0.1, -0.05) is 47.6 Å². The number of rotatable bonds is 7. The van der Waals surface area contributed by atoms with Gasteiger partial charge in [0.05, 0.1) is 24.2 Å². The third-order valence-corrected chi connectivity index (χ3v) is 5.84. The summed E-state index contributed by atoms with van der Waals surface area (Å²) in [5.41, 5.74) is 2.52. The zero-order chi connectivity index (χ0) is 22.5. The standard InChI is InChI=1S/C24H19ClFN3O2S/c1-31-19-12-10-18(11-13-19)27-23(30)15-32-24-28-21(16-6-8-17(25)9-7-16)14-29(24)22-5-3-2-4-20(22)26/h2-14H,15H2,1H3,(H,27,30).